The van der Waals surface area contributed by atoms with Gasteiger partial charge in [0.2, 0.25) is 5.95 Å². The summed E-state index contributed by atoms with van der Waals surface area (Å²) in [5.41, 5.74) is 2.31. The summed E-state index contributed by atoms with van der Waals surface area (Å²) in [4.78, 5) is 15.0. The molecule has 4 rings (SSSR count). The van der Waals surface area contributed by atoms with E-state index < -0.39 is 11.7 Å². The van der Waals surface area contributed by atoms with Crippen LogP contribution in [-0.4, -0.2) is 44.8 Å². The summed E-state index contributed by atoms with van der Waals surface area (Å²) in [6.07, 6.45) is -0.939. The third-order valence-corrected chi connectivity index (χ3v) is 4.96. The van der Waals surface area contributed by atoms with E-state index in [9.17, 15) is 13.2 Å². The van der Waals surface area contributed by atoms with E-state index in [0.29, 0.717) is 17.6 Å². The number of halogens is 3. The van der Waals surface area contributed by atoms with Crippen molar-refractivity contribution in [2.24, 2.45) is 0 Å². The van der Waals surface area contributed by atoms with Crippen LogP contribution in [0.4, 0.5) is 36.3 Å². The van der Waals surface area contributed by atoms with Crippen molar-refractivity contribution in [2.45, 2.75) is 32.5 Å². The van der Waals surface area contributed by atoms with Gasteiger partial charge in [-0.15, -0.1) is 5.10 Å². The van der Waals surface area contributed by atoms with Crippen molar-refractivity contribution in [2.75, 3.05) is 29.1 Å². The third-order valence-electron chi connectivity index (χ3n) is 4.96. The van der Waals surface area contributed by atoms with Crippen LogP contribution >= 0.6 is 0 Å². The molecular weight excluding hydrogens is 397 g/mol. The van der Waals surface area contributed by atoms with E-state index >= 15 is 0 Å². The monoisotopic (exact) mass is 418 g/mol. The van der Waals surface area contributed by atoms with Crippen molar-refractivity contribution >= 4 is 23.1 Å². The Kier molecular flexibility index (Phi) is 4.96. The van der Waals surface area contributed by atoms with Crippen LogP contribution in [-0.2, 0) is 12.6 Å². The lowest BCUT2D eigenvalue weighted by Gasteiger charge is -2.23. The summed E-state index contributed by atoms with van der Waals surface area (Å²) >= 11 is 0. The Morgan fingerprint density at radius 3 is 2.67 bits per heavy atom. The van der Waals surface area contributed by atoms with Crippen LogP contribution in [0, 0.1) is 0 Å². The Morgan fingerprint density at radius 2 is 1.97 bits per heavy atom. The van der Waals surface area contributed by atoms with Crippen molar-refractivity contribution in [1.29, 1.82) is 0 Å². The second kappa shape index (κ2) is 7.47. The van der Waals surface area contributed by atoms with E-state index in [2.05, 4.69) is 54.5 Å². The quantitative estimate of drug-likeness (QED) is 0.580. The zero-order valence-electron chi connectivity index (χ0n) is 16.7. The Hall–Kier alpha value is -3.37. The highest BCUT2D eigenvalue weighted by atomic mass is 19.4. The van der Waals surface area contributed by atoms with E-state index in [1.54, 1.807) is 0 Å². The minimum absolute atomic E-state index is 0.180. The highest BCUT2D eigenvalue weighted by molar-refractivity contribution is 5.69. The maximum absolute atomic E-state index is 12.9. The average molecular weight is 418 g/mol. The first-order valence-electron chi connectivity index (χ1n) is 9.46. The molecule has 3 N–H and O–H groups in total. The Bertz CT molecular complexity index is 1060. The van der Waals surface area contributed by atoms with Crippen LogP contribution in [0.3, 0.4) is 0 Å². The summed E-state index contributed by atoms with van der Waals surface area (Å²) in [6, 6.07) is 3.36. The molecule has 8 nitrogen and oxygen atoms in total. The Balaban J connectivity index is 1.56. The van der Waals surface area contributed by atoms with Crippen molar-refractivity contribution < 1.29 is 13.2 Å². The normalized spacial score (nSPS) is 13.6. The molecule has 0 unspecified atom stereocenters. The molecule has 0 saturated carbocycles. The first-order valence-corrected chi connectivity index (χ1v) is 9.46. The molecule has 0 aliphatic carbocycles. The molecule has 1 aliphatic heterocycles. The molecule has 3 aromatic heterocycles. The maximum atomic E-state index is 12.9. The van der Waals surface area contributed by atoms with Gasteiger partial charge < -0.3 is 15.5 Å². The number of nitrogens with zero attached hydrogens (tertiary/aromatic N) is 5. The van der Waals surface area contributed by atoms with Gasteiger partial charge in [0.05, 0.1) is 23.1 Å². The molecule has 0 aromatic carbocycles. The maximum Gasteiger partial charge on any atom is 0.417 e. The van der Waals surface area contributed by atoms with Gasteiger partial charge >= 0.3 is 6.18 Å². The fourth-order valence-corrected chi connectivity index (χ4v) is 3.42. The topological polar surface area (TPSA) is 94.6 Å². The van der Waals surface area contributed by atoms with Gasteiger partial charge in [0.1, 0.15) is 5.69 Å². The van der Waals surface area contributed by atoms with Crippen molar-refractivity contribution in [3.05, 3.63) is 35.7 Å². The molecule has 11 heteroatoms. The molecule has 3 aromatic rings. The van der Waals surface area contributed by atoms with E-state index in [-0.39, 0.29) is 17.5 Å². The largest absolute Gasteiger partial charge is 0.417 e. The molecule has 1 aliphatic rings. The molecule has 0 bridgehead atoms. The number of hydrogen-bond donors (Lipinski definition) is 3. The first kappa shape index (κ1) is 19.9. The van der Waals surface area contributed by atoms with Crippen LogP contribution in [0.15, 0.2) is 24.5 Å². The van der Waals surface area contributed by atoms with E-state index in [4.69, 9.17) is 0 Å². The highest BCUT2D eigenvalue weighted by Crippen LogP contribution is 2.34. The molecular formula is C19H21F3N8. The predicted octanol–water partition coefficient (Wildman–Crippen LogP) is 3.84. The number of alkyl halides is 3. The van der Waals surface area contributed by atoms with Gasteiger partial charge in [0, 0.05) is 25.8 Å². The van der Waals surface area contributed by atoms with Gasteiger partial charge in [-0.3, -0.25) is 10.1 Å². The number of H-pyrrole nitrogens is 1. The van der Waals surface area contributed by atoms with Crippen LogP contribution in [0.5, 0.6) is 0 Å². The van der Waals surface area contributed by atoms with E-state index in [1.807, 2.05) is 12.3 Å². The number of aromatic nitrogens is 5. The number of rotatable bonds is 5. The van der Waals surface area contributed by atoms with Crippen molar-refractivity contribution in [3.8, 4) is 11.5 Å². The first-order chi connectivity index (χ1) is 14.3. The number of fused-ring (bicyclic) bond motifs is 1. The SMILES string of the molecule is CNc1cc(C(F)(F)F)cnc1Nc1n[nH]c(-c2cc3c(cn2)N(C(C)C)CC3)n1. The molecule has 30 heavy (non-hydrogen) atoms. The fraction of sp³-hybridized carbons (Fsp3) is 0.368. The minimum Gasteiger partial charge on any atom is -0.385 e. The zero-order valence-corrected chi connectivity index (χ0v) is 16.7. The summed E-state index contributed by atoms with van der Waals surface area (Å²) in [5.74, 6) is 0.826. The summed E-state index contributed by atoms with van der Waals surface area (Å²) in [7, 11) is 1.51. The van der Waals surface area contributed by atoms with Crippen LogP contribution in [0.2, 0.25) is 0 Å². The number of aromatic amines is 1. The fourth-order valence-electron chi connectivity index (χ4n) is 3.42. The smallest absolute Gasteiger partial charge is 0.385 e. The van der Waals surface area contributed by atoms with Crippen LogP contribution in [0.1, 0.15) is 25.0 Å². The van der Waals surface area contributed by atoms with Crippen molar-refractivity contribution in [3.63, 3.8) is 0 Å². The molecule has 4 heterocycles. The summed E-state index contributed by atoms with van der Waals surface area (Å²) in [5, 5.41) is 12.4. The molecule has 158 valence electrons. The second-order valence-electron chi connectivity index (χ2n) is 7.24. The standard InChI is InChI=1S/C19H21F3N8/c1-10(2)30-5-4-11-6-14(24-9-15(11)30)17-27-18(29-28-17)26-16-13(23-3)7-12(8-25-16)19(20,21)22/h6-10,23H,4-5H2,1-3H3,(H2,25,26,27,28,29). The zero-order chi connectivity index (χ0) is 21.5. The molecule has 0 spiro atoms. The molecule has 0 radical (unpaired) electrons. The van der Waals surface area contributed by atoms with Crippen LogP contribution in [0.25, 0.3) is 11.5 Å². The predicted molar refractivity (Wildman–Crippen MR) is 108 cm³/mol. The Morgan fingerprint density at radius 1 is 1.17 bits per heavy atom. The molecule has 0 amide bonds. The van der Waals surface area contributed by atoms with Gasteiger partial charge in [0.15, 0.2) is 11.6 Å². The van der Waals surface area contributed by atoms with Gasteiger partial charge in [-0.25, -0.2) is 4.98 Å². The van der Waals surface area contributed by atoms with Gasteiger partial charge in [-0.05, 0) is 38.0 Å². The van der Waals surface area contributed by atoms with E-state index in [0.717, 1.165) is 30.9 Å². The lowest BCUT2D eigenvalue weighted by molar-refractivity contribution is -0.137. The summed E-state index contributed by atoms with van der Waals surface area (Å²) in [6.45, 7) is 5.24. The number of anilines is 4. The molecule has 0 saturated heterocycles. The minimum atomic E-state index is -4.47. The van der Waals surface area contributed by atoms with Gasteiger partial charge in [-0.2, -0.15) is 18.2 Å². The van der Waals surface area contributed by atoms with Gasteiger partial charge in [-0.1, -0.05) is 0 Å². The van der Waals surface area contributed by atoms with Crippen LogP contribution < -0.4 is 15.5 Å². The number of nitrogens with one attached hydrogen (secondary N) is 3. The van der Waals surface area contributed by atoms with E-state index in [1.165, 1.54) is 12.6 Å². The van der Waals surface area contributed by atoms with Gasteiger partial charge in [0.25, 0.3) is 0 Å². The molecule has 0 fully saturated rings. The molecule has 0 atom stereocenters. The third kappa shape index (κ3) is 3.74. The second-order valence-corrected chi connectivity index (χ2v) is 7.24. The van der Waals surface area contributed by atoms with Crippen molar-refractivity contribution in [1.82, 2.24) is 25.1 Å². The number of hydrogen-bond acceptors (Lipinski definition) is 7. The Labute approximate surface area is 171 Å². The average Bonchev–Trinajstić information content (AvgIpc) is 3.33. The lowest BCUT2D eigenvalue weighted by atomic mass is 10.2. The summed E-state index contributed by atoms with van der Waals surface area (Å²) < 4.78 is 38.7. The lowest BCUT2D eigenvalue weighted by Crippen LogP contribution is -2.28. The number of pyridine rings is 2. The highest BCUT2D eigenvalue weighted by Gasteiger charge is 2.31.